The van der Waals surface area contributed by atoms with Crippen molar-refractivity contribution in [1.82, 2.24) is 25.2 Å². The van der Waals surface area contributed by atoms with Crippen LogP contribution in [0.3, 0.4) is 0 Å². The van der Waals surface area contributed by atoms with Gasteiger partial charge in [-0.1, -0.05) is 24.3 Å². The van der Waals surface area contributed by atoms with Crippen molar-refractivity contribution < 1.29 is 4.79 Å². The van der Waals surface area contributed by atoms with Crippen molar-refractivity contribution in [2.24, 2.45) is 7.05 Å². The van der Waals surface area contributed by atoms with E-state index >= 15 is 0 Å². The molecule has 0 spiro atoms. The number of nitrogens with zero attached hydrogens (tertiary/aromatic N) is 5. The van der Waals surface area contributed by atoms with Crippen LogP contribution in [0.25, 0.3) is 21.6 Å². The number of benzene rings is 2. The molecule has 2 aromatic heterocycles. The number of carbonyl (C=O) groups excluding carboxylic acids is 1. The number of tetrazole rings is 1. The lowest BCUT2D eigenvalue weighted by Gasteiger charge is -2.06. The third kappa shape index (κ3) is 4.15. The normalized spacial score (nSPS) is 11.0. The van der Waals surface area contributed by atoms with Crippen LogP contribution in [0.4, 0.5) is 5.69 Å². The molecule has 0 fully saturated rings. The largest absolute Gasteiger partial charge is 0.325 e. The standard InChI is InChI=1S/C18H16N6OS2/c1-24-18(21-22-23-24)12-5-4-6-13(9-12)19-16(25)10-26-11-17-20-14-7-2-3-8-15(14)27-17/h2-9H,10-11H2,1H3,(H,19,25). The molecule has 0 aliphatic heterocycles. The molecule has 136 valence electrons. The number of thioether (sulfide) groups is 1. The fourth-order valence-corrected chi connectivity index (χ4v) is 4.47. The number of para-hydroxylation sites is 1. The summed E-state index contributed by atoms with van der Waals surface area (Å²) in [7, 11) is 1.78. The van der Waals surface area contributed by atoms with E-state index in [1.807, 2.05) is 42.5 Å². The maximum absolute atomic E-state index is 12.2. The smallest absolute Gasteiger partial charge is 0.234 e. The van der Waals surface area contributed by atoms with E-state index in [9.17, 15) is 4.79 Å². The average Bonchev–Trinajstić information content (AvgIpc) is 3.27. The minimum atomic E-state index is -0.0469. The Morgan fingerprint density at radius 3 is 2.93 bits per heavy atom. The van der Waals surface area contributed by atoms with E-state index < -0.39 is 0 Å². The van der Waals surface area contributed by atoms with E-state index in [1.54, 1.807) is 34.8 Å². The Morgan fingerprint density at radius 1 is 1.22 bits per heavy atom. The number of thiazole rings is 1. The number of anilines is 1. The fourth-order valence-electron chi connectivity index (χ4n) is 2.62. The van der Waals surface area contributed by atoms with Crippen LogP contribution in [0.15, 0.2) is 48.5 Å². The Bertz CT molecular complexity index is 1060. The first-order chi connectivity index (χ1) is 13.2. The van der Waals surface area contributed by atoms with Gasteiger partial charge in [-0.15, -0.1) is 28.2 Å². The summed E-state index contributed by atoms with van der Waals surface area (Å²) in [5.74, 6) is 1.69. The summed E-state index contributed by atoms with van der Waals surface area (Å²) in [6.45, 7) is 0. The second-order valence-electron chi connectivity index (χ2n) is 5.82. The SMILES string of the molecule is Cn1nnnc1-c1cccc(NC(=O)CSCc2nc3ccccc3s2)c1. The Labute approximate surface area is 163 Å². The minimum Gasteiger partial charge on any atom is -0.325 e. The minimum absolute atomic E-state index is 0.0469. The first-order valence-corrected chi connectivity index (χ1v) is 10.2. The Morgan fingerprint density at radius 2 is 2.11 bits per heavy atom. The van der Waals surface area contributed by atoms with Crippen molar-refractivity contribution in [3.8, 4) is 11.4 Å². The van der Waals surface area contributed by atoms with Gasteiger partial charge in [-0.25, -0.2) is 9.67 Å². The zero-order chi connectivity index (χ0) is 18.6. The summed E-state index contributed by atoms with van der Waals surface area (Å²) in [4.78, 5) is 16.8. The van der Waals surface area contributed by atoms with Crippen molar-refractivity contribution in [3.05, 3.63) is 53.5 Å². The van der Waals surface area contributed by atoms with Crippen molar-refractivity contribution in [1.29, 1.82) is 0 Å². The average molecular weight is 397 g/mol. The summed E-state index contributed by atoms with van der Waals surface area (Å²) in [5, 5.41) is 15.4. The number of carbonyl (C=O) groups is 1. The number of aromatic nitrogens is 5. The second kappa shape index (κ2) is 7.85. The van der Waals surface area contributed by atoms with E-state index in [0.717, 1.165) is 27.5 Å². The number of amides is 1. The molecule has 7 nitrogen and oxygen atoms in total. The monoisotopic (exact) mass is 396 g/mol. The number of hydrogen-bond donors (Lipinski definition) is 1. The highest BCUT2D eigenvalue weighted by atomic mass is 32.2. The van der Waals surface area contributed by atoms with Crippen LogP contribution in [0, 0.1) is 0 Å². The predicted octanol–water partition coefficient (Wildman–Crippen LogP) is 3.36. The van der Waals surface area contributed by atoms with Crippen LogP contribution < -0.4 is 5.32 Å². The molecule has 0 atom stereocenters. The predicted molar refractivity (Wildman–Crippen MR) is 109 cm³/mol. The Balaban J connectivity index is 1.33. The molecule has 0 aliphatic carbocycles. The number of nitrogens with one attached hydrogen (secondary N) is 1. The lowest BCUT2D eigenvalue weighted by atomic mass is 10.2. The third-order valence-electron chi connectivity index (χ3n) is 3.82. The summed E-state index contributed by atoms with van der Waals surface area (Å²) in [6.07, 6.45) is 0. The van der Waals surface area contributed by atoms with Crippen molar-refractivity contribution in [2.45, 2.75) is 5.75 Å². The first-order valence-electron chi connectivity index (χ1n) is 8.24. The third-order valence-corrected chi connectivity index (χ3v) is 5.98. The van der Waals surface area contributed by atoms with E-state index in [4.69, 9.17) is 0 Å². The molecular formula is C18H16N6OS2. The van der Waals surface area contributed by atoms with Crippen LogP contribution in [-0.2, 0) is 17.6 Å². The summed E-state index contributed by atoms with van der Waals surface area (Å²) in [6, 6.07) is 15.6. The van der Waals surface area contributed by atoms with E-state index in [2.05, 4.69) is 31.9 Å². The summed E-state index contributed by atoms with van der Waals surface area (Å²) < 4.78 is 2.77. The van der Waals surface area contributed by atoms with Crippen molar-refractivity contribution >= 4 is 44.9 Å². The van der Waals surface area contributed by atoms with Crippen LogP contribution in [0.5, 0.6) is 0 Å². The van der Waals surface area contributed by atoms with Gasteiger partial charge in [0.1, 0.15) is 5.01 Å². The highest BCUT2D eigenvalue weighted by Crippen LogP contribution is 2.25. The number of fused-ring (bicyclic) bond motifs is 1. The van der Waals surface area contributed by atoms with Crippen LogP contribution in [0.2, 0.25) is 0 Å². The van der Waals surface area contributed by atoms with Gasteiger partial charge in [-0.2, -0.15) is 0 Å². The Hall–Kier alpha value is -2.78. The van der Waals surface area contributed by atoms with Gasteiger partial charge >= 0.3 is 0 Å². The van der Waals surface area contributed by atoms with Crippen LogP contribution in [-0.4, -0.2) is 36.9 Å². The highest BCUT2D eigenvalue weighted by molar-refractivity contribution is 7.99. The van der Waals surface area contributed by atoms with Gasteiger partial charge < -0.3 is 5.32 Å². The fraction of sp³-hybridized carbons (Fsp3) is 0.167. The van der Waals surface area contributed by atoms with Gasteiger partial charge in [0, 0.05) is 24.1 Å². The van der Waals surface area contributed by atoms with Gasteiger partial charge in [-0.05, 0) is 34.7 Å². The van der Waals surface area contributed by atoms with Crippen molar-refractivity contribution in [2.75, 3.05) is 11.1 Å². The molecule has 0 saturated heterocycles. The molecule has 0 saturated carbocycles. The number of aryl methyl sites for hydroxylation is 1. The molecule has 1 amide bonds. The van der Waals surface area contributed by atoms with E-state index in [0.29, 0.717) is 11.6 Å². The molecule has 4 aromatic rings. The van der Waals surface area contributed by atoms with Crippen LogP contribution >= 0.6 is 23.1 Å². The molecule has 0 bridgehead atoms. The molecule has 0 unspecified atom stereocenters. The second-order valence-corrected chi connectivity index (χ2v) is 7.92. The molecule has 4 rings (SSSR count). The summed E-state index contributed by atoms with van der Waals surface area (Å²) >= 11 is 3.22. The van der Waals surface area contributed by atoms with Gasteiger partial charge in [0.25, 0.3) is 0 Å². The lowest BCUT2D eigenvalue weighted by molar-refractivity contribution is -0.113. The highest BCUT2D eigenvalue weighted by Gasteiger charge is 2.09. The molecule has 0 aliphatic rings. The van der Waals surface area contributed by atoms with Gasteiger partial charge in [0.15, 0.2) is 5.82 Å². The molecule has 2 aromatic carbocycles. The van der Waals surface area contributed by atoms with Gasteiger partial charge in [0.05, 0.1) is 16.0 Å². The van der Waals surface area contributed by atoms with Gasteiger partial charge in [-0.3, -0.25) is 4.79 Å². The van der Waals surface area contributed by atoms with Crippen molar-refractivity contribution in [3.63, 3.8) is 0 Å². The topological polar surface area (TPSA) is 85.6 Å². The lowest BCUT2D eigenvalue weighted by Crippen LogP contribution is -2.14. The maximum atomic E-state index is 12.2. The molecule has 27 heavy (non-hydrogen) atoms. The Kier molecular flexibility index (Phi) is 5.12. The van der Waals surface area contributed by atoms with E-state index in [1.165, 1.54) is 4.70 Å². The zero-order valence-corrected chi connectivity index (χ0v) is 16.1. The summed E-state index contributed by atoms with van der Waals surface area (Å²) in [5.41, 5.74) is 2.58. The number of hydrogen-bond acceptors (Lipinski definition) is 7. The van der Waals surface area contributed by atoms with Crippen LogP contribution in [0.1, 0.15) is 5.01 Å². The molecular weight excluding hydrogens is 380 g/mol. The van der Waals surface area contributed by atoms with Gasteiger partial charge in [0.2, 0.25) is 5.91 Å². The molecule has 9 heteroatoms. The maximum Gasteiger partial charge on any atom is 0.234 e. The first kappa shape index (κ1) is 17.6. The quantitative estimate of drug-likeness (QED) is 0.538. The number of rotatable bonds is 6. The zero-order valence-electron chi connectivity index (χ0n) is 14.5. The van der Waals surface area contributed by atoms with E-state index in [-0.39, 0.29) is 5.91 Å². The molecule has 2 heterocycles. The molecule has 1 N–H and O–H groups in total. The molecule has 0 radical (unpaired) electrons.